The van der Waals surface area contributed by atoms with E-state index < -0.39 is 17.7 Å². The maximum Gasteiger partial charge on any atom is 0.412 e. The lowest BCUT2D eigenvalue weighted by Gasteiger charge is -2.27. The first-order valence-electron chi connectivity index (χ1n) is 6.97. The van der Waals surface area contributed by atoms with E-state index in [0.717, 1.165) is 24.4 Å². The zero-order valence-corrected chi connectivity index (χ0v) is 13.6. The summed E-state index contributed by atoms with van der Waals surface area (Å²) in [6.07, 6.45) is 0.481. The minimum absolute atomic E-state index is 0.127. The fourth-order valence-corrected chi connectivity index (χ4v) is 2.65. The predicted molar refractivity (Wildman–Crippen MR) is 84.0 cm³/mol. The van der Waals surface area contributed by atoms with E-state index in [4.69, 9.17) is 14.6 Å². The van der Waals surface area contributed by atoms with Crippen molar-refractivity contribution in [3.63, 3.8) is 0 Å². The van der Waals surface area contributed by atoms with Crippen molar-refractivity contribution in [2.75, 3.05) is 23.8 Å². The Hall–Kier alpha value is -1.80. The molecule has 0 saturated carbocycles. The Labute approximate surface area is 132 Å². The van der Waals surface area contributed by atoms with E-state index in [-0.39, 0.29) is 11.0 Å². The molecule has 0 aliphatic carbocycles. The van der Waals surface area contributed by atoms with Gasteiger partial charge in [0.05, 0.1) is 11.8 Å². The Balaban J connectivity index is 2.06. The molecule has 1 aliphatic rings. The van der Waals surface area contributed by atoms with Crippen LogP contribution in [0.4, 0.5) is 15.5 Å². The van der Waals surface area contributed by atoms with Crippen LogP contribution in [0.3, 0.4) is 0 Å². The Bertz CT molecular complexity index is 560. The highest BCUT2D eigenvalue weighted by atomic mass is 32.1. The van der Waals surface area contributed by atoms with E-state index in [9.17, 15) is 9.59 Å². The summed E-state index contributed by atoms with van der Waals surface area (Å²) < 4.78 is 10.5. The van der Waals surface area contributed by atoms with Crippen molar-refractivity contribution in [1.29, 1.82) is 0 Å². The molecule has 0 bridgehead atoms. The number of nitrogens with one attached hydrogen (secondary N) is 2. The number of carbonyl (C=O) groups excluding carboxylic acids is 1. The van der Waals surface area contributed by atoms with E-state index >= 15 is 0 Å². The molecule has 1 aromatic heterocycles. The van der Waals surface area contributed by atoms with E-state index in [0.29, 0.717) is 17.2 Å². The fourth-order valence-electron chi connectivity index (χ4n) is 1.79. The number of aromatic carboxylic acids is 1. The largest absolute Gasteiger partial charge is 0.477 e. The smallest absolute Gasteiger partial charge is 0.412 e. The molecule has 1 aliphatic heterocycles. The standard InChI is InChI=1S/C14H20N2O5S/c1-14(2,3)21-13(19)16-11-9(6-10(22-11)12(17)18)15-7-8-4-5-20-8/h6,8,15H,4-5,7H2,1-3H3,(H,16,19)(H,17,18). The molecule has 2 rings (SSSR count). The normalized spacial score (nSPS) is 17.5. The number of hydrogen-bond donors (Lipinski definition) is 3. The van der Waals surface area contributed by atoms with Gasteiger partial charge in [-0.15, -0.1) is 11.3 Å². The number of carboxylic acid groups (broad SMARTS) is 1. The minimum atomic E-state index is -1.04. The number of anilines is 2. The van der Waals surface area contributed by atoms with Gasteiger partial charge in [-0.3, -0.25) is 5.32 Å². The van der Waals surface area contributed by atoms with Gasteiger partial charge in [-0.1, -0.05) is 0 Å². The molecule has 1 amide bonds. The number of thiophene rings is 1. The van der Waals surface area contributed by atoms with Crippen LogP contribution in [-0.2, 0) is 9.47 Å². The molecule has 122 valence electrons. The summed E-state index contributed by atoms with van der Waals surface area (Å²) in [5.74, 6) is -1.04. The summed E-state index contributed by atoms with van der Waals surface area (Å²) in [7, 11) is 0. The average molecular weight is 328 g/mol. The van der Waals surface area contributed by atoms with Gasteiger partial charge >= 0.3 is 12.1 Å². The Morgan fingerprint density at radius 1 is 1.50 bits per heavy atom. The van der Waals surface area contributed by atoms with Gasteiger partial charge in [-0.05, 0) is 33.3 Å². The van der Waals surface area contributed by atoms with Crippen LogP contribution in [0.15, 0.2) is 6.07 Å². The van der Waals surface area contributed by atoms with Crippen molar-refractivity contribution in [1.82, 2.24) is 0 Å². The van der Waals surface area contributed by atoms with Crippen LogP contribution >= 0.6 is 11.3 Å². The molecule has 3 N–H and O–H groups in total. The minimum Gasteiger partial charge on any atom is -0.477 e. The van der Waals surface area contributed by atoms with Crippen molar-refractivity contribution in [3.8, 4) is 0 Å². The van der Waals surface area contributed by atoms with Gasteiger partial charge < -0.3 is 19.9 Å². The van der Waals surface area contributed by atoms with Gasteiger partial charge in [-0.25, -0.2) is 9.59 Å². The molecule has 0 radical (unpaired) electrons. The Morgan fingerprint density at radius 3 is 2.68 bits per heavy atom. The number of ether oxygens (including phenoxy) is 2. The number of rotatable bonds is 5. The molecule has 0 spiro atoms. The predicted octanol–water partition coefficient (Wildman–Crippen LogP) is 2.99. The maximum absolute atomic E-state index is 11.8. The third-order valence-corrected chi connectivity index (χ3v) is 3.91. The second-order valence-electron chi connectivity index (χ2n) is 5.95. The second-order valence-corrected chi connectivity index (χ2v) is 7.00. The van der Waals surface area contributed by atoms with E-state index in [2.05, 4.69) is 10.6 Å². The van der Waals surface area contributed by atoms with Gasteiger partial charge in [0.1, 0.15) is 15.5 Å². The summed E-state index contributed by atoms with van der Waals surface area (Å²) in [4.78, 5) is 23.1. The molecule has 1 fully saturated rings. The zero-order chi connectivity index (χ0) is 16.3. The topological polar surface area (TPSA) is 96.9 Å². The fraction of sp³-hybridized carbons (Fsp3) is 0.571. The molecule has 1 atom stereocenters. The lowest BCUT2D eigenvalue weighted by atomic mass is 10.2. The maximum atomic E-state index is 11.8. The molecule has 1 aromatic rings. The van der Waals surface area contributed by atoms with Crippen LogP contribution in [0.5, 0.6) is 0 Å². The van der Waals surface area contributed by atoms with Crippen molar-refractivity contribution in [3.05, 3.63) is 10.9 Å². The number of amides is 1. The van der Waals surface area contributed by atoms with Gasteiger partial charge in [0.15, 0.2) is 0 Å². The average Bonchev–Trinajstić information content (AvgIpc) is 2.68. The third-order valence-electron chi connectivity index (χ3n) is 2.87. The van der Waals surface area contributed by atoms with E-state index in [1.54, 1.807) is 20.8 Å². The highest BCUT2D eigenvalue weighted by molar-refractivity contribution is 7.18. The third kappa shape index (κ3) is 4.60. The molecule has 0 aromatic carbocycles. The summed E-state index contributed by atoms with van der Waals surface area (Å²) in [5.41, 5.74) is -0.0617. The lowest BCUT2D eigenvalue weighted by molar-refractivity contribution is -0.0410. The Morgan fingerprint density at radius 2 is 2.18 bits per heavy atom. The molecule has 1 saturated heterocycles. The molecular formula is C14H20N2O5S. The summed E-state index contributed by atoms with van der Waals surface area (Å²) in [5, 5.41) is 15.2. The van der Waals surface area contributed by atoms with Gasteiger partial charge in [0, 0.05) is 13.2 Å². The first-order chi connectivity index (χ1) is 10.2. The lowest BCUT2D eigenvalue weighted by Crippen LogP contribution is -2.33. The zero-order valence-electron chi connectivity index (χ0n) is 12.8. The van der Waals surface area contributed by atoms with E-state index in [1.165, 1.54) is 6.07 Å². The quantitative estimate of drug-likeness (QED) is 0.769. The molecule has 2 heterocycles. The van der Waals surface area contributed by atoms with Gasteiger partial charge in [-0.2, -0.15) is 0 Å². The van der Waals surface area contributed by atoms with Crippen LogP contribution in [0.2, 0.25) is 0 Å². The molecule has 1 unspecified atom stereocenters. The van der Waals surface area contributed by atoms with Crippen LogP contribution in [-0.4, -0.2) is 42.0 Å². The number of hydrogen-bond acceptors (Lipinski definition) is 6. The van der Waals surface area contributed by atoms with Gasteiger partial charge in [0.2, 0.25) is 0 Å². The number of carboxylic acids is 1. The molecular weight excluding hydrogens is 308 g/mol. The first kappa shape index (κ1) is 16.6. The van der Waals surface area contributed by atoms with Crippen molar-refractivity contribution < 1.29 is 24.2 Å². The SMILES string of the molecule is CC(C)(C)OC(=O)Nc1sc(C(=O)O)cc1NCC1CCO1. The summed E-state index contributed by atoms with van der Waals surface area (Å²) >= 11 is 0.984. The second kappa shape index (κ2) is 6.53. The van der Waals surface area contributed by atoms with Crippen LogP contribution < -0.4 is 10.6 Å². The van der Waals surface area contributed by atoms with Gasteiger partial charge in [0.25, 0.3) is 0 Å². The van der Waals surface area contributed by atoms with Crippen molar-refractivity contribution >= 4 is 34.1 Å². The molecule has 7 nitrogen and oxygen atoms in total. The number of carbonyl (C=O) groups is 2. The Kier molecular flexibility index (Phi) is 4.92. The summed E-state index contributed by atoms with van der Waals surface area (Å²) in [6, 6.07) is 1.50. The van der Waals surface area contributed by atoms with Crippen LogP contribution in [0, 0.1) is 0 Å². The summed E-state index contributed by atoms with van der Waals surface area (Å²) in [6.45, 7) is 6.60. The highest BCUT2D eigenvalue weighted by Gasteiger charge is 2.22. The van der Waals surface area contributed by atoms with E-state index in [1.807, 2.05) is 0 Å². The first-order valence-corrected chi connectivity index (χ1v) is 7.79. The van der Waals surface area contributed by atoms with Crippen LogP contribution in [0.1, 0.15) is 36.9 Å². The molecule has 8 heteroatoms. The van der Waals surface area contributed by atoms with Crippen molar-refractivity contribution in [2.24, 2.45) is 0 Å². The van der Waals surface area contributed by atoms with Crippen LogP contribution in [0.25, 0.3) is 0 Å². The van der Waals surface area contributed by atoms with Crippen molar-refractivity contribution in [2.45, 2.75) is 38.9 Å². The monoisotopic (exact) mass is 328 g/mol. The molecule has 22 heavy (non-hydrogen) atoms. The highest BCUT2D eigenvalue weighted by Crippen LogP contribution is 2.33.